The van der Waals surface area contributed by atoms with Gasteiger partial charge in [-0.15, -0.1) is 0 Å². The van der Waals surface area contributed by atoms with Gasteiger partial charge < -0.3 is 19.6 Å². The second kappa shape index (κ2) is 5.64. The van der Waals surface area contributed by atoms with E-state index < -0.39 is 17.5 Å². The molecule has 0 saturated heterocycles. The Morgan fingerprint density at radius 1 is 1.26 bits per heavy atom. The highest BCUT2D eigenvalue weighted by Gasteiger charge is 2.38. The molecule has 1 aromatic carbocycles. The number of carbonyl (C=O) groups excluding carboxylic acids is 1. The van der Waals surface area contributed by atoms with Crippen molar-refractivity contribution in [1.29, 1.82) is 0 Å². The van der Waals surface area contributed by atoms with E-state index in [0.29, 0.717) is 5.76 Å². The highest BCUT2D eigenvalue weighted by atomic mass is 16.5. The Bertz CT molecular complexity index is 851. The van der Waals surface area contributed by atoms with Gasteiger partial charge in [0.05, 0.1) is 18.6 Å². The second-order valence-corrected chi connectivity index (χ2v) is 5.14. The number of hydrogen-bond acceptors (Lipinski definition) is 6. The molecular formula is C17H15NO5. The maximum Gasteiger partial charge on any atom is 0.343 e. The number of methoxy groups -OCH3 is 1. The van der Waals surface area contributed by atoms with Gasteiger partial charge >= 0.3 is 11.6 Å². The van der Waals surface area contributed by atoms with Crippen LogP contribution in [0.5, 0.6) is 5.75 Å². The molecule has 3 rings (SSSR count). The van der Waals surface area contributed by atoms with Crippen LogP contribution in [-0.4, -0.2) is 13.1 Å². The molecule has 0 fully saturated rings. The van der Waals surface area contributed by atoms with Crippen molar-refractivity contribution in [3.05, 3.63) is 75.2 Å². The van der Waals surface area contributed by atoms with Crippen molar-refractivity contribution in [2.24, 2.45) is 5.73 Å². The smallest absolute Gasteiger partial charge is 0.343 e. The van der Waals surface area contributed by atoms with Crippen LogP contribution in [0.2, 0.25) is 0 Å². The van der Waals surface area contributed by atoms with Gasteiger partial charge in [0, 0.05) is 6.07 Å². The van der Waals surface area contributed by atoms with Crippen LogP contribution < -0.4 is 16.1 Å². The van der Waals surface area contributed by atoms with E-state index in [-0.39, 0.29) is 22.8 Å². The summed E-state index contributed by atoms with van der Waals surface area (Å²) in [7, 11) is 1.25. The summed E-state index contributed by atoms with van der Waals surface area (Å²) >= 11 is 0. The van der Waals surface area contributed by atoms with Gasteiger partial charge in [-0.3, -0.25) is 0 Å². The number of rotatable bonds is 2. The molecule has 118 valence electrons. The lowest BCUT2D eigenvalue weighted by Gasteiger charge is -2.27. The number of benzene rings is 1. The Kier molecular flexibility index (Phi) is 3.65. The summed E-state index contributed by atoms with van der Waals surface area (Å²) < 4.78 is 15.5. The molecule has 1 aliphatic heterocycles. The minimum Gasteiger partial charge on any atom is -0.465 e. The molecule has 2 N–H and O–H groups in total. The summed E-state index contributed by atoms with van der Waals surface area (Å²) in [5, 5.41) is 0. The minimum absolute atomic E-state index is 0.0804. The molecule has 0 spiro atoms. The van der Waals surface area contributed by atoms with Crippen LogP contribution in [-0.2, 0) is 9.53 Å². The molecule has 1 aliphatic rings. The molecule has 0 aliphatic carbocycles. The van der Waals surface area contributed by atoms with Crippen molar-refractivity contribution in [2.75, 3.05) is 7.11 Å². The third-order valence-electron chi connectivity index (χ3n) is 3.67. The molecule has 0 unspecified atom stereocenters. The predicted octanol–water partition coefficient (Wildman–Crippen LogP) is 1.82. The molecular weight excluding hydrogens is 298 g/mol. The zero-order chi connectivity index (χ0) is 16.6. The minimum atomic E-state index is -0.704. The topological polar surface area (TPSA) is 91.8 Å². The summed E-state index contributed by atoms with van der Waals surface area (Å²) in [6.07, 6.45) is 0. The van der Waals surface area contributed by atoms with E-state index in [2.05, 4.69) is 0 Å². The van der Waals surface area contributed by atoms with Gasteiger partial charge in [0.2, 0.25) is 5.88 Å². The Balaban J connectivity index is 2.31. The Hall–Kier alpha value is -3.02. The second-order valence-electron chi connectivity index (χ2n) is 5.14. The standard InChI is InChI=1S/C17H15NO5/c1-9-8-11-13(17(20)22-9)12(10-6-4-3-5-7-10)14(15(18)23-11)16(19)21-2/h3-8,12H,18H2,1-2H3/t12-/m1/s1. The van der Waals surface area contributed by atoms with E-state index in [0.717, 1.165) is 5.56 Å². The maximum absolute atomic E-state index is 12.4. The monoisotopic (exact) mass is 313 g/mol. The van der Waals surface area contributed by atoms with E-state index in [1.165, 1.54) is 7.11 Å². The van der Waals surface area contributed by atoms with Gasteiger partial charge in [0.25, 0.3) is 0 Å². The first-order chi connectivity index (χ1) is 11.0. The third-order valence-corrected chi connectivity index (χ3v) is 3.67. The number of hydrogen-bond donors (Lipinski definition) is 1. The summed E-state index contributed by atoms with van der Waals surface area (Å²) in [5.74, 6) is -0.748. The fourth-order valence-electron chi connectivity index (χ4n) is 2.71. The van der Waals surface area contributed by atoms with Crippen LogP contribution in [0, 0.1) is 6.92 Å². The first-order valence-corrected chi connectivity index (χ1v) is 6.98. The van der Waals surface area contributed by atoms with Crippen molar-refractivity contribution in [3.8, 4) is 5.75 Å². The highest BCUT2D eigenvalue weighted by Crippen LogP contribution is 2.40. The Morgan fingerprint density at radius 2 is 1.96 bits per heavy atom. The molecule has 2 aromatic rings. The summed E-state index contributed by atoms with van der Waals surface area (Å²) in [4.78, 5) is 24.5. The van der Waals surface area contributed by atoms with E-state index in [1.807, 2.05) is 18.2 Å². The normalized spacial score (nSPS) is 16.5. The summed E-state index contributed by atoms with van der Waals surface area (Å²) in [6, 6.07) is 10.6. The first-order valence-electron chi connectivity index (χ1n) is 6.98. The lowest BCUT2D eigenvalue weighted by molar-refractivity contribution is -0.136. The number of aryl methyl sites for hydroxylation is 1. The van der Waals surface area contributed by atoms with Crippen LogP contribution >= 0.6 is 0 Å². The Labute approximate surface area is 132 Å². The molecule has 0 amide bonds. The van der Waals surface area contributed by atoms with E-state index in [9.17, 15) is 9.59 Å². The average Bonchev–Trinajstić information content (AvgIpc) is 2.53. The molecule has 0 radical (unpaired) electrons. The van der Waals surface area contributed by atoms with E-state index in [4.69, 9.17) is 19.6 Å². The molecule has 0 bridgehead atoms. The number of ether oxygens (including phenoxy) is 2. The van der Waals surface area contributed by atoms with Crippen LogP contribution in [0.4, 0.5) is 0 Å². The van der Waals surface area contributed by atoms with Gasteiger partial charge in [0.1, 0.15) is 17.1 Å². The zero-order valence-electron chi connectivity index (χ0n) is 12.7. The quantitative estimate of drug-likeness (QED) is 0.850. The lowest BCUT2D eigenvalue weighted by Crippen LogP contribution is -2.30. The van der Waals surface area contributed by atoms with Gasteiger partial charge in [0.15, 0.2) is 0 Å². The zero-order valence-corrected chi connectivity index (χ0v) is 12.7. The molecule has 23 heavy (non-hydrogen) atoms. The van der Waals surface area contributed by atoms with Crippen LogP contribution in [0.1, 0.15) is 22.8 Å². The predicted molar refractivity (Wildman–Crippen MR) is 81.9 cm³/mol. The average molecular weight is 313 g/mol. The summed E-state index contributed by atoms with van der Waals surface area (Å²) in [6.45, 7) is 1.64. The van der Waals surface area contributed by atoms with Crippen LogP contribution in [0.3, 0.4) is 0 Å². The van der Waals surface area contributed by atoms with Crippen molar-refractivity contribution < 1.29 is 18.7 Å². The third kappa shape index (κ3) is 2.48. The van der Waals surface area contributed by atoms with Gasteiger partial charge in [-0.25, -0.2) is 9.59 Å². The van der Waals surface area contributed by atoms with E-state index in [1.54, 1.807) is 25.1 Å². The number of nitrogens with two attached hydrogens (primary N) is 1. The van der Waals surface area contributed by atoms with Crippen LogP contribution in [0.15, 0.2) is 57.1 Å². The fraction of sp³-hybridized carbons (Fsp3) is 0.176. The highest BCUT2D eigenvalue weighted by molar-refractivity contribution is 5.92. The largest absolute Gasteiger partial charge is 0.465 e. The van der Waals surface area contributed by atoms with Crippen molar-refractivity contribution in [1.82, 2.24) is 0 Å². The first kappa shape index (κ1) is 14.9. The van der Waals surface area contributed by atoms with Crippen molar-refractivity contribution in [3.63, 3.8) is 0 Å². The Morgan fingerprint density at radius 3 is 2.61 bits per heavy atom. The van der Waals surface area contributed by atoms with Gasteiger partial charge in [-0.2, -0.15) is 0 Å². The molecule has 2 heterocycles. The molecule has 1 aromatic heterocycles. The number of fused-ring (bicyclic) bond motifs is 1. The number of esters is 1. The van der Waals surface area contributed by atoms with Gasteiger partial charge in [-0.1, -0.05) is 30.3 Å². The number of carbonyl (C=O) groups is 1. The van der Waals surface area contributed by atoms with Crippen molar-refractivity contribution in [2.45, 2.75) is 12.8 Å². The van der Waals surface area contributed by atoms with Crippen molar-refractivity contribution >= 4 is 5.97 Å². The van der Waals surface area contributed by atoms with E-state index >= 15 is 0 Å². The molecule has 1 atom stereocenters. The molecule has 6 heteroatoms. The van der Waals surface area contributed by atoms with Gasteiger partial charge in [-0.05, 0) is 12.5 Å². The molecule has 6 nitrogen and oxygen atoms in total. The SMILES string of the molecule is COC(=O)C1=C(N)Oc2cc(C)oc(=O)c2[C@H]1c1ccccc1. The maximum atomic E-state index is 12.4. The fourth-order valence-corrected chi connectivity index (χ4v) is 2.71. The molecule has 0 saturated carbocycles. The van der Waals surface area contributed by atoms with Crippen LogP contribution in [0.25, 0.3) is 0 Å². The lowest BCUT2D eigenvalue weighted by atomic mass is 9.84. The summed E-state index contributed by atoms with van der Waals surface area (Å²) in [5.41, 5.74) is 6.39.